The van der Waals surface area contributed by atoms with Crippen LogP contribution in [-0.2, 0) is 6.42 Å². The fourth-order valence-corrected chi connectivity index (χ4v) is 4.04. The van der Waals surface area contributed by atoms with Crippen molar-refractivity contribution in [1.82, 2.24) is 4.98 Å². The van der Waals surface area contributed by atoms with Gasteiger partial charge >= 0.3 is 0 Å². The van der Waals surface area contributed by atoms with Gasteiger partial charge in [0, 0.05) is 17.8 Å². The molecule has 1 fully saturated rings. The molecule has 98 valence electrons. The van der Waals surface area contributed by atoms with E-state index in [1.807, 2.05) is 12.3 Å². The Labute approximate surface area is 109 Å². The van der Waals surface area contributed by atoms with Crippen molar-refractivity contribution < 1.29 is 5.11 Å². The Balaban J connectivity index is 1.84. The first kappa shape index (κ1) is 12.2. The Kier molecular flexibility index (Phi) is 2.93. The number of aliphatic hydroxyl groups excluding tert-OH is 1. The summed E-state index contributed by atoms with van der Waals surface area (Å²) in [5, 5.41) is 10.8. The first-order valence-corrected chi connectivity index (χ1v) is 7.21. The van der Waals surface area contributed by atoms with E-state index in [1.54, 1.807) is 0 Å². The molecular formula is C16H23NO. The molecular weight excluding hydrogens is 222 g/mol. The Morgan fingerprint density at radius 1 is 1.39 bits per heavy atom. The number of nitrogens with zero attached hydrogens (tertiary/aromatic N) is 1. The van der Waals surface area contributed by atoms with Gasteiger partial charge in [-0.3, -0.25) is 4.98 Å². The highest BCUT2D eigenvalue weighted by Gasteiger charge is 2.43. The lowest BCUT2D eigenvalue weighted by Crippen LogP contribution is -2.33. The summed E-state index contributed by atoms with van der Waals surface area (Å²) in [5.41, 5.74) is 2.79. The molecule has 3 rings (SSSR count). The summed E-state index contributed by atoms with van der Waals surface area (Å²) < 4.78 is 0. The van der Waals surface area contributed by atoms with Gasteiger partial charge in [0.1, 0.15) is 0 Å². The summed E-state index contributed by atoms with van der Waals surface area (Å²) in [6.45, 7) is 4.62. The highest BCUT2D eigenvalue weighted by atomic mass is 16.3. The van der Waals surface area contributed by atoms with E-state index in [0.29, 0.717) is 5.92 Å². The second kappa shape index (κ2) is 4.34. The minimum Gasteiger partial charge on any atom is -0.392 e. The molecule has 0 aromatic carbocycles. The van der Waals surface area contributed by atoms with Gasteiger partial charge in [0.15, 0.2) is 0 Å². The number of rotatable bonds is 2. The summed E-state index contributed by atoms with van der Waals surface area (Å²) in [4.78, 5) is 4.52. The molecule has 0 aliphatic heterocycles. The Bertz CT molecular complexity index is 440. The van der Waals surface area contributed by atoms with Crippen LogP contribution >= 0.6 is 0 Å². The van der Waals surface area contributed by atoms with Gasteiger partial charge in [-0.25, -0.2) is 0 Å². The van der Waals surface area contributed by atoms with Gasteiger partial charge in [-0.2, -0.15) is 0 Å². The second-order valence-electron chi connectivity index (χ2n) is 6.67. The third-order valence-electron chi connectivity index (χ3n) is 5.17. The predicted molar refractivity (Wildman–Crippen MR) is 72.4 cm³/mol. The van der Waals surface area contributed by atoms with Gasteiger partial charge in [0.05, 0.1) is 6.10 Å². The molecule has 0 amide bonds. The summed E-state index contributed by atoms with van der Waals surface area (Å²) >= 11 is 0. The van der Waals surface area contributed by atoms with Crippen LogP contribution in [0.5, 0.6) is 0 Å². The zero-order valence-corrected chi connectivity index (χ0v) is 11.4. The fraction of sp³-hybridized carbons (Fsp3) is 0.688. The van der Waals surface area contributed by atoms with Gasteiger partial charge in [-0.15, -0.1) is 0 Å². The fourth-order valence-electron chi connectivity index (χ4n) is 4.04. The van der Waals surface area contributed by atoms with Crippen molar-refractivity contribution in [1.29, 1.82) is 0 Å². The van der Waals surface area contributed by atoms with Crippen LogP contribution in [0.25, 0.3) is 0 Å². The molecule has 2 heteroatoms. The van der Waals surface area contributed by atoms with Crippen LogP contribution in [0.1, 0.15) is 56.7 Å². The molecule has 1 heterocycles. The van der Waals surface area contributed by atoms with Crippen LogP contribution in [0.15, 0.2) is 18.3 Å². The first-order chi connectivity index (χ1) is 8.59. The third-order valence-corrected chi connectivity index (χ3v) is 5.17. The maximum absolute atomic E-state index is 10.8. The topological polar surface area (TPSA) is 33.1 Å². The average Bonchev–Trinajstić information content (AvgIpc) is 2.91. The van der Waals surface area contributed by atoms with Crippen molar-refractivity contribution in [2.24, 2.45) is 11.3 Å². The summed E-state index contributed by atoms with van der Waals surface area (Å²) in [6, 6.07) is 4.17. The number of fused-ring (bicyclic) bond motifs is 1. The molecule has 0 spiro atoms. The molecule has 2 aliphatic rings. The number of aliphatic hydroxyl groups is 1. The Hall–Kier alpha value is -0.890. The minimum absolute atomic E-state index is 0.210. The van der Waals surface area contributed by atoms with E-state index in [1.165, 1.54) is 24.8 Å². The maximum atomic E-state index is 10.8. The Morgan fingerprint density at radius 3 is 2.94 bits per heavy atom. The lowest BCUT2D eigenvalue weighted by molar-refractivity contribution is 0.0320. The SMILES string of the molecule is CC1(C)CCCC1C(O)C1CCc2cccnc21. The molecule has 2 nitrogen and oxygen atoms in total. The van der Waals surface area contributed by atoms with Crippen molar-refractivity contribution in [2.45, 2.75) is 58.0 Å². The van der Waals surface area contributed by atoms with Gasteiger partial charge < -0.3 is 5.11 Å². The number of hydrogen-bond donors (Lipinski definition) is 1. The molecule has 1 aromatic heterocycles. The standard InChI is InChI=1S/C16H23NO/c1-16(2)9-3-6-13(16)15(18)12-8-7-11-5-4-10-17-14(11)12/h4-5,10,12-13,15,18H,3,6-9H2,1-2H3. The van der Waals surface area contributed by atoms with Crippen molar-refractivity contribution >= 4 is 0 Å². The molecule has 1 aromatic rings. The lowest BCUT2D eigenvalue weighted by Gasteiger charge is -2.34. The lowest BCUT2D eigenvalue weighted by atomic mass is 9.74. The number of aromatic nitrogens is 1. The summed E-state index contributed by atoms with van der Waals surface area (Å²) in [5.74, 6) is 0.707. The third kappa shape index (κ3) is 1.87. The monoisotopic (exact) mass is 245 g/mol. The summed E-state index contributed by atoms with van der Waals surface area (Å²) in [7, 11) is 0. The minimum atomic E-state index is -0.210. The van der Waals surface area contributed by atoms with Crippen LogP contribution in [-0.4, -0.2) is 16.2 Å². The van der Waals surface area contributed by atoms with E-state index < -0.39 is 0 Å². The van der Waals surface area contributed by atoms with Crippen molar-refractivity contribution in [3.63, 3.8) is 0 Å². The van der Waals surface area contributed by atoms with E-state index in [0.717, 1.165) is 18.5 Å². The quantitative estimate of drug-likeness (QED) is 0.867. The number of aryl methyl sites for hydroxylation is 1. The zero-order chi connectivity index (χ0) is 12.8. The Morgan fingerprint density at radius 2 is 2.22 bits per heavy atom. The molecule has 1 saturated carbocycles. The highest BCUT2D eigenvalue weighted by Crippen LogP contribution is 2.49. The summed E-state index contributed by atoms with van der Waals surface area (Å²) in [6.07, 6.45) is 7.49. The molecule has 0 radical (unpaired) electrons. The van der Waals surface area contributed by atoms with Crippen LogP contribution < -0.4 is 0 Å². The van der Waals surface area contributed by atoms with E-state index in [2.05, 4.69) is 24.9 Å². The van der Waals surface area contributed by atoms with Crippen LogP contribution in [0, 0.1) is 11.3 Å². The van der Waals surface area contributed by atoms with Gasteiger partial charge in [0.2, 0.25) is 0 Å². The van der Waals surface area contributed by atoms with E-state index in [9.17, 15) is 5.11 Å². The maximum Gasteiger partial charge on any atom is 0.0657 e. The van der Waals surface area contributed by atoms with Crippen LogP contribution in [0.2, 0.25) is 0 Å². The normalized spacial score (nSPS) is 31.3. The molecule has 18 heavy (non-hydrogen) atoms. The molecule has 1 N–H and O–H groups in total. The largest absolute Gasteiger partial charge is 0.392 e. The van der Waals surface area contributed by atoms with E-state index >= 15 is 0 Å². The van der Waals surface area contributed by atoms with Crippen LogP contribution in [0.3, 0.4) is 0 Å². The predicted octanol–water partition coefficient (Wildman–Crippen LogP) is 3.30. The van der Waals surface area contributed by atoms with Crippen molar-refractivity contribution in [2.75, 3.05) is 0 Å². The molecule has 0 saturated heterocycles. The van der Waals surface area contributed by atoms with Crippen molar-refractivity contribution in [3.05, 3.63) is 29.6 Å². The highest BCUT2D eigenvalue weighted by molar-refractivity contribution is 5.29. The van der Waals surface area contributed by atoms with Crippen LogP contribution in [0.4, 0.5) is 0 Å². The van der Waals surface area contributed by atoms with E-state index in [4.69, 9.17) is 0 Å². The second-order valence-corrected chi connectivity index (χ2v) is 6.67. The molecule has 2 aliphatic carbocycles. The van der Waals surface area contributed by atoms with Gasteiger partial charge in [-0.1, -0.05) is 26.3 Å². The first-order valence-electron chi connectivity index (χ1n) is 7.21. The number of hydrogen-bond acceptors (Lipinski definition) is 2. The number of pyridine rings is 1. The smallest absolute Gasteiger partial charge is 0.0657 e. The molecule has 3 unspecified atom stereocenters. The molecule has 3 atom stereocenters. The van der Waals surface area contributed by atoms with Gasteiger partial charge in [-0.05, 0) is 48.6 Å². The van der Waals surface area contributed by atoms with Crippen molar-refractivity contribution in [3.8, 4) is 0 Å². The zero-order valence-electron chi connectivity index (χ0n) is 11.4. The molecule has 0 bridgehead atoms. The van der Waals surface area contributed by atoms with E-state index in [-0.39, 0.29) is 17.4 Å². The van der Waals surface area contributed by atoms with Gasteiger partial charge in [0.25, 0.3) is 0 Å². The average molecular weight is 245 g/mol.